The second kappa shape index (κ2) is 6.42. The molecule has 120 valence electrons. The Bertz CT molecular complexity index is 822. The molecule has 1 amide bonds. The normalized spacial score (nSPS) is 10.9. The number of thiazole rings is 1. The van der Waals surface area contributed by atoms with Gasteiger partial charge in [0.15, 0.2) is 11.6 Å². The molecule has 3 aromatic rings. The molecule has 0 radical (unpaired) electrons. The monoisotopic (exact) mass is 329 g/mol. The first kappa shape index (κ1) is 15.6. The highest BCUT2D eigenvalue weighted by Gasteiger charge is 2.08. The van der Waals surface area contributed by atoms with Crippen molar-refractivity contribution in [1.82, 2.24) is 14.7 Å². The van der Waals surface area contributed by atoms with Crippen LogP contribution in [0.3, 0.4) is 0 Å². The van der Waals surface area contributed by atoms with Crippen LogP contribution in [0.4, 0.5) is 0 Å². The molecule has 0 saturated carbocycles. The van der Waals surface area contributed by atoms with E-state index in [-0.39, 0.29) is 12.5 Å². The van der Waals surface area contributed by atoms with E-state index in [2.05, 4.69) is 16.4 Å². The van der Waals surface area contributed by atoms with Crippen LogP contribution in [0.5, 0.6) is 5.75 Å². The van der Waals surface area contributed by atoms with Crippen LogP contribution < -0.4 is 10.1 Å². The van der Waals surface area contributed by atoms with Gasteiger partial charge in [-0.1, -0.05) is 6.07 Å². The molecule has 6 heteroatoms. The van der Waals surface area contributed by atoms with E-state index in [0.717, 1.165) is 27.5 Å². The number of nitrogens with one attached hydrogen (secondary N) is 1. The zero-order valence-corrected chi connectivity index (χ0v) is 14.2. The van der Waals surface area contributed by atoms with Crippen LogP contribution >= 0.6 is 11.3 Å². The molecule has 1 aromatic carbocycles. The van der Waals surface area contributed by atoms with Gasteiger partial charge in [0.1, 0.15) is 5.75 Å². The van der Waals surface area contributed by atoms with Gasteiger partial charge in [-0.05, 0) is 43.5 Å². The second-order valence-corrected chi connectivity index (χ2v) is 6.47. The summed E-state index contributed by atoms with van der Waals surface area (Å²) in [4.78, 5) is 17.3. The number of imidazole rings is 1. The zero-order chi connectivity index (χ0) is 16.4. The van der Waals surface area contributed by atoms with Crippen molar-refractivity contribution >= 4 is 22.2 Å². The molecule has 0 aliphatic heterocycles. The minimum absolute atomic E-state index is 0.00590. The molecule has 0 spiro atoms. The quantitative estimate of drug-likeness (QED) is 0.783. The summed E-state index contributed by atoms with van der Waals surface area (Å²) < 4.78 is 7.60. The Morgan fingerprint density at radius 3 is 2.96 bits per heavy atom. The number of amides is 1. The summed E-state index contributed by atoms with van der Waals surface area (Å²) in [6, 6.07) is 4.06. The van der Waals surface area contributed by atoms with E-state index < -0.39 is 0 Å². The van der Waals surface area contributed by atoms with Crippen molar-refractivity contribution in [2.75, 3.05) is 6.61 Å². The lowest BCUT2D eigenvalue weighted by molar-refractivity contribution is -0.123. The molecule has 0 fully saturated rings. The molecule has 2 aromatic heterocycles. The molecular formula is C17H19N3O2S. The standard InChI is InChI=1S/C17H19N3O2S/c1-11-6-12(2)13(3)15(7-11)22-10-16(21)18-8-14-9-20-4-5-23-17(20)19-14/h4-7,9H,8,10H2,1-3H3,(H,18,21). The number of aryl methyl sites for hydroxylation is 2. The number of fused-ring (bicyclic) bond motifs is 1. The largest absolute Gasteiger partial charge is 0.483 e. The highest BCUT2D eigenvalue weighted by molar-refractivity contribution is 7.15. The Morgan fingerprint density at radius 2 is 2.17 bits per heavy atom. The van der Waals surface area contributed by atoms with E-state index >= 15 is 0 Å². The molecule has 5 nitrogen and oxygen atoms in total. The molecule has 0 unspecified atom stereocenters. The minimum atomic E-state index is -0.153. The molecule has 0 atom stereocenters. The third-order valence-electron chi connectivity index (χ3n) is 3.73. The number of hydrogen-bond donors (Lipinski definition) is 1. The van der Waals surface area contributed by atoms with Crippen LogP contribution in [0.1, 0.15) is 22.4 Å². The van der Waals surface area contributed by atoms with E-state index in [1.165, 1.54) is 5.56 Å². The lowest BCUT2D eigenvalue weighted by Gasteiger charge is -2.12. The van der Waals surface area contributed by atoms with Crippen molar-refractivity contribution in [3.8, 4) is 5.75 Å². The predicted molar refractivity (Wildman–Crippen MR) is 91.1 cm³/mol. The van der Waals surface area contributed by atoms with Gasteiger partial charge in [-0.3, -0.25) is 9.20 Å². The molecule has 3 rings (SSSR count). The number of aromatic nitrogens is 2. The van der Waals surface area contributed by atoms with Gasteiger partial charge in [0.25, 0.3) is 5.91 Å². The van der Waals surface area contributed by atoms with Crippen molar-refractivity contribution in [1.29, 1.82) is 0 Å². The fraction of sp³-hybridized carbons (Fsp3) is 0.294. The first-order chi connectivity index (χ1) is 11.0. The lowest BCUT2D eigenvalue weighted by atomic mass is 10.1. The van der Waals surface area contributed by atoms with Crippen LogP contribution in [-0.4, -0.2) is 21.9 Å². The van der Waals surface area contributed by atoms with Gasteiger partial charge >= 0.3 is 0 Å². The van der Waals surface area contributed by atoms with Gasteiger partial charge in [0.2, 0.25) is 0 Å². The van der Waals surface area contributed by atoms with E-state index in [1.807, 2.05) is 49.0 Å². The van der Waals surface area contributed by atoms with Crippen molar-refractivity contribution in [3.63, 3.8) is 0 Å². The number of carbonyl (C=O) groups excluding carboxylic acids is 1. The molecule has 0 aliphatic carbocycles. The average molecular weight is 329 g/mol. The van der Waals surface area contributed by atoms with Gasteiger partial charge in [-0.25, -0.2) is 4.98 Å². The fourth-order valence-electron chi connectivity index (χ4n) is 2.40. The minimum Gasteiger partial charge on any atom is -0.483 e. The number of nitrogens with zero attached hydrogens (tertiary/aromatic N) is 2. The fourth-order valence-corrected chi connectivity index (χ4v) is 3.11. The lowest BCUT2D eigenvalue weighted by Crippen LogP contribution is -2.28. The molecule has 2 heterocycles. The van der Waals surface area contributed by atoms with Crippen molar-refractivity contribution in [3.05, 3.63) is 52.3 Å². The van der Waals surface area contributed by atoms with Crippen molar-refractivity contribution in [2.45, 2.75) is 27.3 Å². The molecule has 0 saturated heterocycles. The van der Waals surface area contributed by atoms with Crippen LogP contribution in [-0.2, 0) is 11.3 Å². The van der Waals surface area contributed by atoms with Gasteiger partial charge in [0.05, 0.1) is 12.2 Å². The van der Waals surface area contributed by atoms with E-state index in [1.54, 1.807) is 11.3 Å². The number of carbonyl (C=O) groups is 1. The van der Waals surface area contributed by atoms with Crippen LogP contribution in [0.15, 0.2) is 29.9 Å². The van der Waals surface area contributed by atoms with Crippen LogP contribution in [0.25, 0.3) is 4.96 Å². The summed E-state index contributed by atoms with van der Waals surface area (Å²) in [5, 5.41) is 4.81. The summed E-state index contributed by atoms with van der Waals surface area (Å²) in [6.45, 7) is 6.47. The van der Waals surface area contributed by atoms with Crippen molar-refractivity contribution in [2.24, 2.45) is 0 Å². The Hall–Kier alpha value is -2.34. The topological polar surface area (TPSA) is 55.6 Å². The SMILES string of the molecule is Cc1cc(C)c(C)c(OCC(=O)NCc2cn3ccsc3n2)c1. The summed E-state index contributed by atoms with van der Waals surface area (Å²) in [7, 11) is 0. The Morgan fingerprint density at radius 1 is 1.35 bits per heavy atom. The summed E-state index contributed by atoms with van der Waals surface area (Å²) in [5.74, 6) is 0.611. The molecule has 0 bridgehead atoms. The van der Waals surface area contributed by atoms with Gasteiger partial charge in [-0.15, -0.1) is 11.3 Å². The first-order valence-corrected chi connectivity index (χ1v) is 8.29. The zero-order valence-electron chi connectivity index (χ0n) is 13.4. The Balaban J connectivity index is 1.54. The number of benzene rings is 1. The first-order valence-electron chi connectivity index (χ1n) is 7.41. The van der Waals surface area contributed by atoms with Gasteiger partial charge < -0.3 is 10.1 Å². The third-order valence-corrected chi connectivity index (χ3v) is 4.50. The maximum absolute atomic E-state index is 12.0. The molecule has 1 N–H and O–H groups in total. The van der Waals surface area contributed by atoms with Crippen molar-refractivity contribution < 1.29 is 9.53 Å². The molecule has 0 aliphatic rings. The molecule has 23 heavy (non-hydrogen) atoms. The number of ether oxygens (including phenoxy) is 1. The highest BCUT2D eigenvalue weighted by Crippen LogP contribution is 2.23. The maximum atomic E-state index is 12.0. The highest BCUT2D eigenvalue weighted by atomic mass is 32.1. The average Bonchev–Trinajstić information content (AvgIpc) is 3.08. The van der Waals surface area contributed by atoms with E-state index in [0.29, 0.717) is 6.54 Å². The number of hydrogen-bond acceptors (Lipinski definition) is 4. The van der Waals surface area contributed by atoms with E-state index in [4.69, 9.17) is 4.74 Å². The maximum Gasteiger partial charge on any atom is 0.258 e. The summed E-state index contributed by atoms with van der Waals surface area (Å²) in [6.07, 6.45) is 3.87. The van der Waals surface area contributed by atoms with Crippen LogP contribution in [0.2, 0.25) is 0 Å². The second-order valence-electron chi connectivity index (χ2n) is 5.60. The Kier molecular flexibility index (Phi) is 4.34. The Labute approximate surface area is 138 Å². The number of rotatable bonds is 5. The summed E-state index contributed by atoms with van der Waals surface area (Å²) in [5.41, 5.74) is 4.20. The van der Waals surface area contributed by atoms with Crippen LogP contribution in [0, 0.1) is 20.8 Å². The smallest absolute Gasteiger partial charge is 0.258 e. The third kappa shape index (κ3) is 3.53. The van der Waals surface area contributed by atoms with Gasteiger partial charge in [0, 0.05) is 17.8 Å². The van der Waals surface area contributed by atoms with E-state index in [9.17, 15) is 4.79 Å². The predicted octanol–water partition coefficient (Wildman–Crippen LogP) is 3.02. The molecular weight excluding hydrogens is 310 g/mol. The summed E-state index contributed by atoms with van der Waals surface area (Å²) >= 11 is 1.57. The van der Waals surface area contributed by atoms with Gasteiger partial charge in [-0.2, -0.15) is 0 Å².